The second-order valence-electron chi connectivity index (χ2n) is 10.3. The van der Waals surface area contributed by atoms with E-state index in [1.165, 1.54) is 49.6 Å². The number of anilines is 1. The van der Waals surface area contributed by atoms with Crippen molar-refractivity contribution < 1.29 is 57.2 Å². The molecular weight excluding hydrogens is 674 g/mol. The van der Waals surface area contributed by atoms with Gasteiger partial charge in [-0.1, -0.05) is 36.6 Å². The average molecular weight is 710 g/mol. The molecule has 2 aromatic carbocycles. The Bertz CT molecular complexity index is 1720. The fourth-order valence-electron chi connectivity index (χ4n) is 3.75. The summed E-state index contributed by atoms with van der Waals surface area (Å²) in [5.74, 6) is -4.14. The van der Waals surface area contributed by atoms with Gasteiger partial charge in [-0.05, 0) is 44.2 Å². The molecule has 2 atom stereocenters. The minimum Gasteiger partial charge on any atom is -0.462 e. The van der Waals surface area contributed by atoms with Crippen LogP contribution < -0.4 is 14.9 Å². The molecule has 1 heterocycles. The minimum absolute atomic E-state index is 0.0397. The Hall–Kier alpha value is -5.90. The molecule has 0 radical (unpaired) electrons. The van der Waals surface area contributed by atoms with E-state index in [2.05, 4.69) is 28.7 Å². The topological polar surface area (TPSA) is 195 Å². The van der Waals surface area contributed by atoms with E-state index in [0.29, 0.717) is 5.13 Å². The standard InChI is InChI=1S/C34H35N3O12S/c1-5-28(38)46-21(3)19-44-30(40)13-15-32(42)48-24-11-12-26(49-33(43)16-14-31(41)45-20-22(4)47-29(39)6-2)23(17-24)18-35-37-34-36-25-9-7-8-10-27(25)50-34/h5-12,17-18,21-22H,1-2,13-16,19-20H2,3-4H3,(H,36,37)/b35-18+. The molecular formula is C34H35N3O12S. The maximum absolute atomic E-state index is 12.6. The van der Waals surface area contributed by atoms with Crippen LogP contribution in [0.25, 0.3) is 10.2 Å². The van der Waals surface area contributed by atoms with E-state index < -0.39 is 48.0 Å². The van der Waals surface area contributed by atoms with Gasteiger partial charge in [0.2, 0.25) is 5.13 Å². The minimum atomic E-state index is -0.765. The summed E-state index contributed by atoms with van der Waals surface area (Å²) in [5, 5.41) is 4.68. The smallest absolute Gasteiger partial charge is 0.330 e. The van der Waals surface area contributed by atoms with Crippen LogP contribution in [0, 0.1) is 0 Å². The number of carbonyl (C=O) groups is 6. The molecule has 0 aliphatic heterocycles. The molecule has 16 heteroatoms. The molecule has 3 aromatic rings. The van der Waals surface area contributed by atoms with Crippen LogP contribution in [0.3, 0.4) is 0 Å². The highest BCUT2D eigenvalue weighted by Crippen LogP contribution is 2.27. The first-order chi connectivity index (χ1) is 23.9. The molecule has 0 aliphatic rings. The number of nitrogens with zero attached hydrogens (tertiary/aromatic N) is 2. The van der Waals surface area contributed by atoms with Gasteiger partial charge in [-0.15, -0.1) is 0 Å². The molecule has 0 saturated heterocycles. The maximum atomic E-state index is 12.6. The molecule has 1 N–H and O–H groups in total. The first kappa shape index (κ1) is 38.5. The van der Waals surface area contributed by atoms with Gasteiger partial charge in [-0.3, -0.25) is 24.6 Å². The molecule has 1 aromatic heterocycles. The number of esters is 6. The summed E-state index contributed by atoms with van der Waals surface area (Å²) in [6.45, 7) is 9.23. The summed E-state index contributed by atoms with van der Waals surface area (Å²) >= 11 is 1.37. The first-order valence-electron chi connectivity index (χ1n) is 15.1. The highest BCUT2D eigenvalue weighted by atomic mass is 32.1. The van der Waals surface area contributed by atoms with Gasteiger partial charge in [0, 0.05) is 17.7 Å². The number of hydrogen-bond acceptors (Lipinski definition) is 16. The van der Waals surface area contributed by atoms with Gasteiger partial charge in [0.25, 0.3) is 0 Å². The highest BCUT2D eigenvalue weighted by Gasteiger charge is 2.17. The largest absolute Gasteiger partial charge is 0.462 e. The molecule has 0 spiro atoms. The SMILES string of the molecule is C=CC(=O)OC(C)COC(=O)CCC(=O)Oc1ccc(OC(=O)CCC(=O)OCC(C)OC(=O)C=C)c(/C=N/Nc2nc3ccccc3s2)c1. The van der Waals surface area contributed by atoms with Crippen LogP contribution in [0.4, 0.5) is 5.13 Å². The van der Waals surface area contributed by atoms with E-state index >= 15 is 0 Å². The Morgan fingerprint density at radius 1 is 0.800 bits per heavy atom. The van der Waals surface area contributed by atoms with Gasteiger partial charge >= 0.3 is 35.8 Å². The predicted octanol–water partition coefficient (Wildman–Crippen LogP) is 4.44. The number of benzene rings is 2. The summed E-state index contributed by atoms with van der Waals surface area (Å²) in [5.41, 5.74) is 3.81. The number of hydrogen-bond donors (Lipinski definition) is 1. The van der Waals surface area contributed by atoms with Gasteiger partial charge < -0.3 is 28.4 Å². The number of fused-ring (bicyclic) bond motifs is 1. The number of aromatic nitrogens is 1. The molecule has 0 bridgehead atoms. The second kappa shape index (κ2) is 19.8. The van der Waals surface area contributed by atoms with Crippen molar-refractivity contribution in [2.75, 3.05) is 18.6 Å². The molecule has 15 nitrogen and oxygen atoms in total. The molecule has 0 fully saturated rings. The molecule has 3 rings (SSSR count). The lowest BCUT2D eigenvalue weighted by atomic mass is 10.2. The molecule has 2 unspecified atom stereocenters. The van der Waals surface area contributed by atoms with E-state index in [9.17, 15) is 28.8 Å². The van der Waals surface area contributed by atoms with E-state index in [1.54, 1.807) is 0 Å². The second-order valence-corrected chi connectivity index (χ2v) is 11.3. The van der Waals surface area contributed by atoms with Crippen LogP contribution in [0.2, 0.25) is 0 Å². The number of para-hydroxylation sites is 1. The van der Waals surface area contributed by atoms with E-state index in [-0.39, 0.29) is 56.0 Å². The zero-order valence-electron chi connectivity index (χ0n) is 27.3. The number of ether oxygens (including phenoxy) is 6. The molecule has 0 amide bonds. The Morgan fingerprint density at radius 3 is 1.94 bits per heavy atom. The van der Waals surface area contributed by atoms with E-state index in [0.717, 1.165) is 22.4 Å². The number of nitrogens with one attached hydrogen (secondary N) is 1. The Balaban J connectivity index is 1.61. The predicted molar refractivity (Wildman–Crippen MR) is 180 cm³/mol. The van der Waals surface area contributed by atoms with Gasteiger partial charge in [0.1, 0.15) is 36.9 Å². The van der Waals surface area contributed by atoms with Crippen LogP contribution in [0.5, 0.6) is 11.5 Å². The van der Waals surface area contributed by atoms with Gasteiger partial charge in [-0.25, -0.2) is 14.6 Å². The van der Waals surface area contributed by atoms with Crippen molar-refractivity contribution in [2.45, 2.75) is 51.7 Å². The van der Waals surface area contributed by atoms with E-state index in [4.69, 9.17) is 28.4 Å². The zero-order valence-corrected chi connectivity index (χ0v) is 28.1. The summed E-state index contributed by atoms with van der Waals surface area (Å²) in [6, 6.07) is 11.6. The van der Waals surface area contributed by atoms with Crippen molar-refractivity contribution in [3.05, 3.63) is 73.3 Å². The normalized spacial score (nSPS) is 11.9. The van der Waals surface area contributed by atoms with E-state index in [1.807, 2.05) is 24.3 Å². The number of carbonyl (C=O) groups excluding carboxylic acids is 6. The fourth-order valence-corrected chi connectivity index (χ4v) is 4.57. The van der Waals surface area contributed by atoms with Crippen LogP contribution in [-0.4, -0.2) is 72.4 Å². The molecule has 50 heavy (non-hydrogen) atoms. The molecule has 264 valence electrons. The molecule has 0 aliphatic carbocycles. The monoisotopic (exact) mass is 709 g/mol. The van der Waals surface area contributed by atoms with Crippen molar-refractivity contribution >= 4 is 68.7 Å². The average Bonchev–Trinajstić information content (AvgIpc) is 3.51. The van der Waals surface area contributed by atoms with Crippen LogP contribution in [-0.2, 0) is 47.7 Å². The fraction of sp³-hybridized carbons (Fsp3) is 0.294. The van der Waals surface area contributed by atoms with Gasteiger partial charge in [0.15, 0.2) is 0 Å². The first-order valence-corrected chi connectivity index (χ1v) is 15.9. The van der Waals surface area contributed by atoms with Gasteiger partial charge in [0.05, 0.1) is 42.1 Å². The lowest BCUT2D eigenvalue weighted by Crippen LogP contribution is -2.22. The lowest BCUT2D eigenvalue weighted by molar-refractivity contribution is -0.155. The van der Waals surface area contributed by atoms with Crippen molar-refractivity contribution in [1.29, 1.82) is 0 Å². The summed E-state index contributed by atoms with van der Waals surface area (Å²) in [4.78, 5) is 76.2. The Kier molecular flexibility index (Phi) is 15.3. The number of rotatable bonds is 19. The number of thiazole rings is 1. The van der Waals surface area contributed by atoms with Crippen LogP contribution in [0.15, 0.2) is 72.9 Å². The summed E-state index contributed by atoms with van der Waals surface area (Å²) in [7, 11) is 0. The zero-order chi connectivity index (χ0) is 36.5. The number of hydrazone groups is 1. The Morgan fingerprint density at radius 2 is 1.36 bits per heavy atom. The van der Waals surface area contributed by atoms with Crippen molar-refractivity contribution in [2.24, 2.45) is 5.10 Å². The third-order valence-electron chi connectivity index (χ3n) is 6.09. The van der Waals surface area contributed by atoms with Gasteiger partial charge in [-0.2, -0.15) is 5.10 Å². The van der Waals surface area contributed by atoms with Crippen molar-refractivity contribution in [1.82, 2.24) is 4.98 Å². The summed E-state index contributed by atoms with van der Waals surface area (Å²) < 4.78 is 31.6. The van der Waals surface area contributed by atoms with Crippen molar-refractivity contribution in [3.63, 3.8) is 0 Å². The maximum Gasteiger partial charge on any atom is 0.330 e. The summed E-state index contributed by atoms with van der Waals surface area (Å²) in [6.07, 6.45) is 0.637. The van der Waals surface area contributed by atoms with Crippen LogP contribution >= 0.6 is 11.3 Å². The highest BCUT2D eigenvalue weighted by molar-refractivity contribution is 7.22. The quantitative estimate of drug-likeness (QED) is 0.0458. The lowest BCUT2D eigenvalue weighted by Gasteiger charge is -2.13. The third kappa shape index (κ3) is 13.7. The third-order valence-corrected chi connectivity index (χ3v) is 7.03. The molecule has 0 saturated carbocycles. The van der Waals surface area contributed by atoms with Crippen molar-refractivity contribution in [3.8, 4) is 11.5 Å². The Labute approximate surface area is 290 Å². The van der Waals surface area contributed by atoms with Crippen LogP contribution in [0.1, 0.15) is 45.1 Å².